The molecule has 4 rings (SSSR count). The Morgan fingerprint density at radius 1 is 1.27 bits per heavy atom. The lowest BCUT2D eigenvalue weighted by Crippen LogP contribution is -2.34. The molecular formula is C15H18N6S. The molecule has 114 valence electrons. The van der Waals surface area contributed by atoms with Gasteiger partial charge in [0.15, 0.2) is 0 Å². The second-order valence-electron chi connectivity index (χ2n) is 5.77. The van der Waals surface area contributed by atoms with Crippen LogP contribution in [0.25, 0.3) is 10.2 Å². The number of nitrogens with zero attached hydrogens (tertiary/aromatic N) is 6. The lowest BCUT2D eigenvalue weighted by Gasteiger charge is -2.26. The number of rotatable bonds is 3. The number of fused-ring (bicyclic) bond motifs is 1. The van der Waals surface area contributed by atoms with Crippen molar-refractivity contribution in [1.29, 1.82) is 0 Å². The Balaban J connectivity index is 1.74. The number of hydrogen-bond donors (Lipinski definition) is 0. The fraction of sp³-hybridized carbons (Fsp3) is 0.467. The van der Waals surface area contributed by atoms with Crippen LogP contribution in [0.1, 0.15) is 23.3 Å². The summed E-state index contributed by atoms with van der Waals surface area (Å²) in [5.41, 5.74) is 1.31. The van der Waals surface area contributed by atoms with Crippen molar-refractivity contribution in [2.24, 2.45) is 0 Å². The van der Waals surface area contributed by atoms with Gasteiger partial charge < -0.3 is 4.90 Å². The Morgan fingerprint density at radius 2 is 2.18 bits per heavy atom. The highest BCUT2D eigenvalue weighted by molar-refractivity contribution is 7.18. The van der Waals surface area contributed by atoms with Crippen molar-refractivity contribution in [2.75, 3.05) is 11.4 Å². The molecular weight excluding hydrogens is 296 g/mol. The molecule has 0 unspecified atom stereocenters. The third kappa shape index (κ3) is 2.16. The summed E-state index contributed by atoms with van der Waals surface area (Å²) < 4.78 is 1.91. The topological polar surface area (TPSA) is 59.7 Å². The summed E-state index contributed by atoms with van der Waals surface area (Å²) >= 11 is 1.75. The highest BCUT2D eigenvalue weighted by atomic mass is 32.1. The minimum atomic E-state index is 0.416. The molecule has 3 aromatic rings. The minimum absolute atomic E-state index is 0.416. The molecule has 22 heavy (non-hydrogen) atoms. The van der Waals surface area contributed by atoms with Crippen molar-refractivity contribution in [3.63, 3.8) is 0 Å². The molecule has 1 fully saturated rings. The molecule has 0 aromatic carbocycles. The van der Waals surface area contributed by atoms with E-state index >= 15 is 0 Å². The molecule has 0 saturated carbocycles. The molecule has 7 heteroatoms. The van der Waals surface area contributed by atoms with Gasteiger partial charge in [0.05, 0.1) is 18.0 Å². The lowest BCUT2D eigenvalue weighted by molar-refractivity contribution is 0.507. The van der Waals surface area contributed by atoms with Crippen LogP contribution in [0, 0.1) is 13.8 Å². The first-order valence-corrected chi connectivity index (χ1v) is 8.35. The molecule has 0 amide bonds. The van der Waals surface area contributed by atoms with E-state index in [2.05, 4.69) is 38.8 Å². The van der Waals surface area contributed by atoms with Gasteiger partial charge in [0.25, 0.3) is 0 Å². The summed E-state index contributed by atoms with van der Waals surface area (Å²) in [6.07, 6.45) is 7.42. The summed E-state index contributed by atoms with van der Waals surface area (Å²) in [5, 5.41) is 5.46. The van der Waals surface area contributed by atoms with E-state index < -0.39 is 0 Å². The molecule has 3 aromatic heterocycles. The van der Waals surface area contributed by atoms with E-state index in [-0.39, 0.29) is 0 Å². The van der Waals surface area contributed by atoms with Crippen LogP contribution in [-0.2, 0) is 6.54 Å². The van der Waals surface area contributed by atoms with Crippen LogP contribution in [0.3, 0.4) is 0 Å². The van der Waals surface area contributed by atoms with E-state index in [0.29, 0.717) is 6.04 Å². The Kier molecular flexibility index (Phi) is 3.29. The number of thiophene rings is 1. The smallest absolute Gasteiger partial charge is 0.141 e. The highest BCUT2D eigenvalue weighted by Crippen LogP contribution is 2.36. The van der Waals surface area contributed by atoms with E-state index in [0.717, 1.165) is 30.2 Å². The Morgan fingerprint density at radius 3 is 3.00 bits per heavy atom. The van der Waals surface area contributed by atoms with Gasteiger partial charge in [0.1, 0.15) is 29.6 Å². The molecule has 1 aliphatic heterocycles. The molecule has 6 nitrogen and oxygen atoms in total. The fourth-order valence-electron chi connectivity index (χ4n) is 3.23. The number of aromatic nitrogens is 5. The second kappa shape index (κ2) is 5.31. The maximum Gasteiger partial charge on any atom is 0.141 e. The Hall–Kier alpha value is -2.02. The Bertz CT molecular complexity index is 794. The maximum atomic E-state index is 4.62. The van der Waals surface area contributed by atoms with Gasteiger partial charge in [-0.05, 0) is 32.3 Å². The molecule has 4 heterocycles. The standard InChI is InChI=1S/C15H18N6S/c1-10-11(2)22-15-13(10)14(17-8-18-15)21-5-3-4-12(21)6-20-9-16-7-19-20/h7-9,12H,3-6H2,1-2H3/t12-/m0/s1. The summed E-state index contributed by atoms with van der Waals surface area (Å²) in [6.45, 7) is 6.22. The van der Waals surface area contributed by atoms with Gasteiger partial charge in [-0.1, -0.05) is 0 Å². The van der Waals surface area contributed by atoms with Crippen molar-refractivity contribution in [2.45, 2.75) is 39.3 Å². The maximum absolute atomic E-state index is 4.62. The monoisotopic (exact) mass is 314 g/mol. The van der Waals surface area contributed by atoms with E-state index in [1.165, 1.54) is 22.2 Å². The zero-order chi connectivity index (χ0) is 15.1. The quantitative estimate of drug-likeness (QED) is 0.743. The van der Waals surface area contributed by atoms with E-state index in [1.807, 2.05) is 4.68 Å². The lowest BCUT2D eigenvalue weighted by atomic mass is 10.2. The normalized spacial score (nSPS) is 18.5. The molecule has 1 saturated heterocycles. The third-order valence-corrected chi connectivity index (χ3v) is 5.57. The van der Waals surface area contributed by atoms with E-state index in [1.54, 1.807) is 30.3 Å². The molecule has 0 bridgehead atoms. The van der Waals surface area contributed by atoms with Crippen LogP contribution in [0.4, 0.5) is 5.82 Å². The van der Waals surface area contributed by atoms with Crippen molar-refractivity contribution in [3.05, 3.63) is 29.4 Å². The van der Waals surface area contributed by atoms with Crippen molar-refractivity contribution in [3.8, 4) is 0 Å². The summed E-state index contributed by atoms with van der Waals surface area (Å²) in [5.74, 6) is 1.08. The molecule has 0 spiro atoms. The van der Waals surface area contributed by atoms with Crippen molar-refractivity contribution in [1.82, 2.24) is 24.7 Å². The van der Waals surface area contributed by atoms with Crippen LogP contribution in [0.5, 0.6) is 0 Å². The molecule has 0 aliphatic carbocycles. The summed E-state index contributed by atoms with van der Waals surface area (Å²) in [4.78, 5) is 17.9. The van der Waals surface area contributed by atoms with E-state index in [9.17, 15) is 0 Å². The SMILES string of the molecule is Cc1sc2ncnc(N3CCC[C@H]3Cn3cncn3)c2c1C. The van der Waals surface area contributed by atoms with Crippen LogP contribution >= 0.6 is 11.3 Å². The largest absolute Gasteiger partial charge is 0.351 e. The first-order chi connectivity index (χ1) is 10.7. The molecule has 1 aliphatic rings. The number of anilines is 1. The van der Waals surface area contributed by atoms with Gasteiger partial charge in [-0.2, -0.15) is 5.10 Å². The first kappa shape index (κ1) is 13.6. The number of aryl methyl sites for hydroxylation is 2. The zero-order valence-electron chi connectivity index (χ0n) is 12.7. The van der Waals surface area contributed by atoms with Crippen molar-refractivity contribution < 1.29 is 0 Å². The predicted molar refractivity (Wildman–Crippen MR) is 87.3 cm³/mol. The molecule has 1 atom stereocenters. The van der Waals surface area contributed by atoms with Gasteiger partial charge in [-0.25, -0.2) is 15.0 Å². The van der Waals surface area contributed by atoms with Crippen LogP contribution in [-0.4, -0.2) is 37.3 Å². The van der Waals surface area contributed by atoms with E-state index in [4.69, 9.17) is 0 Å². The number of hydrogen-bond acceptors (Lipinski definition) is 6. The highest BCUT2D eigenvalue weighted by Gasteiger charge is 2.28. The average molecular weight is 314 g/mol. The van der Waals surface area contributed by atoms with Gasteiger partial charge in [-0.3, -0.25) is 4.68 Å². The predicted octanol–water partition coefficient (Wildman–Crippen LogP) is 2.57. The Labute approximate surface area is 132 Å². The zero-order valence-corrected chi connectivity index (χ0v) is 13.5. The van der Waals surface area contributed by atoms with Gasteiger partial charge in [0, 0.05) is 11.4 Å². The second-order valence-corrected chi connectivity index (χ2v) is 6.97. The summed E-state index contributed by atoms with van der Waals surface area (Å²) in [6, 6.07) is 0.416. The van der Waals surface area contributed by atoms with Crippen molar-refractivity contribution >= 4 is 27.4 Å². The average Bonchev–Trinajstić information content (AvgIpc) is 3.23. The van der Waals surface area contributed by atoms with Gasteiger partial charge in [-0.15, -0.1) is 11.3 Å². The van der Waals surface area contributed by atoms with Gasteiger partial charge >= 0.3 is 0 Å². The first-order valence-electron chi connectivity index (χ1n) is 7.54. The minimum Gasteiger partial charge on any atom is -0.351 e. The van der Waals surface area contributed by atoms with Gasteiger partial charge in [0.2, 0.25) is 0 Å². The van der Waals surface area contributed by atoms with Crippen LogP contribution in [0.2, 0.25) is 0 Å². The summed E-state index contributed by atoms with van der Waals surface area (Å²) in [7, 11) is 0. The molecule has 0 radical (unpaired) electrons. The molecule has 0 N–H and O–H groups in total. The fourth-order valence-corrected chi connectivity index (χ4v) is 4.22. The van der Waals surface area contributed by atoms with Crippen LogP contribution < -0.4 is 4.90 Å². The van der Waals surface area contributed by atoms with Crippen LogP contribution in [0.15, 0.2) is 19.0 Å². The third-order valence-electron chi connectivity index (χ3n) is 4.46.